The fraction of sp³-hybridized carbons (Fsp3) is 0.333. The van der Waals surface area contributed by atoms with E-state index in [0.29, 0.717) is 0 Å². The molecular weight excluding hydrogens is 273 g/mol. The fourth-order valence-electron chi connectivity index (χ4n) is 1.55. The summed E-state index contributed by atoms with van der Waals surface area (Å²) >= 11 is 5.62. The first-order valence-corrected chi connectivity index (χ1v) is 5.92. The molecule has 7 heteroatoms. The number of rotatable bonds is 4. The number of hydrogen-bond donors (Lipinski definition) is 2. The van der Waals surface area contributed by atoms with Gasteiger partial charge in [-0.05, 0) is 18.2 Å². The van der Waals surface area contributed by atoms with E-state index in [9.17, 15) is 9.18 Å². The van der Waals surface area contributed by atoms with Crippen molar-refractivity contribution in [3.05, 3.63) is 34.6 Å². The molecule has 3 N–H and O–H groups in total. The number of halogens is 2. The first kappa shape index (κ1) is 15.2. The fourth-order valence-corrected chi connectivity index (χ4v) is 1.71. The van der Waals surface area contributed by atoms with Crippen LogP contribution in [0.1, 0.15) is 17.3 Å². The zero-order chi connectivity index (χ0) is 14.6. The highest BCUT2D eigenvalue weighted by molar-refractivity contribution is 6.30. The first-order chi connectivity index (χ1) is 8.86. The monoisotopic (exact) mass is 287 g/mol. The Kier molecular flexibility index (Phi) is 5.11. The average Bonchev–Trinajstić information content (AvgIpc) is 2.36. The second-order valence-corrected chi connectivity index (χ2v) is 4.67. The molecule has 1 aromatic rings. The third-order valence-corrected chi connectivity index (χ3v) is 2.91. The van der Waals surface area contributed by atoms with Crippen LogP contribution in [0.4, 0.5) is 4.39 Å². The highest BCUT2D eigenvalue weighted by Crippen LogP contribution is 2.16. The lowest BCUT2D eigenvalue weighted by atomic mass is 10.1. The lowest BCUT2D eigenvalue weighted by Crippen LogP contribution is -2.36. The van der Waals surface area contributed by atoms with Gasteiger partial charge in [0.25, 0.3) is 5.91 Å². The molecule has 0 aliphatic heterocycles. The summed E-state index contributed by atoms with van der Waals surface area (Å²) < 4.78 is 13.6. The average molecular weight is 288 g/mol. The Bertz CT molecular complexity index is 508. The Balaban J connectivity index is 2.82. The van der Waals surface area contributed by atoms with Gasteiger partial charge in [-0.3, -0.25) is 4.79 Å². The van der Waals surface area contributed by atoms with Gasteiger partial charge < -0.3 is 15.8 Å². The van der Waals surface area contributed by atoms with E-state index in [1.54, 1.807) is 6.92 Å². The Hall–Kier alpha value is -1.82. The molecular formula is C12H15ClFN3O2. The molecule has 1 unspecified atom stereocenters. The smallest absolute Gasteiger partial charge is 0.256 e. The highest BCUT2D eigenvalue weighted by Gasteiger charge is 2.19. The molecule has 0 spiro atoms. The third-order valence-electron chi connectivity index (χ3n) is 2.68. The van der Waals surface area contributed by atoms with Gasteiger partial charge in [-0.2, -0.15) is 0 Å². The molecule has 5 nitrogen and oxygen atoms in total. The Morgan fingerprint density at radius 2 is 2.26 bits per heavy atom. The highest BCUT2D eigenvalue weighted by atomic mass is 35.5. The van der Waals surface area contributed by atoms with Gasteiger partial charge in [0.15, 0.2) is 0 Å². The summed E-state index contributed by atoms with van der Waals surface area (Å²) in [5.41, 5.74) is 5.35. The number of nitrogens with two attached hydrogens (primary N) is 1. The van der Waals surface area contributed by atoms with Gasteiger partial charge in [0.2, 0.25) is 0 Å². The van der Waals surface area contributed by atoms with E-state index >= 15 is 0 Å². The molecule has 1 atom stereocenters. The Morgan fingerprint density at radius 3 is 2.79 bits per heavy atom. The van der Waals surface area contributed by atoms with Crippen LogP contribution in [0.25, 0.3) is 0 Å². The van der Waals surface area contributed by atoms with Crippen molar-refractivity contribution in [1.29, 1.82) is 0 Å². The summed E-state index contributed by atoms with van der Waals surface area (Å²) in [5.74, 6) is -1.50. The van der Waals surface area contributed by atoms with Crippen molar-refractivity contribution in [2.45, 2.75) is 6.92 Å². The second kappa shape index (κ2) is 6.38. The summed E-state index contributed by atoms with van der Waals surface area (Å²) in [5, 5.41) is 11.6. The largest absolute Gasteiger partial charge is 0.409 e. The quantitative estimate of drug-likeness (QED) is 0.384. The maximum atomic E-state index is 13.6. The second-order valence-electron chi connectivity index (χ2n) is 4.24. The van der Waals surface area contributed by atoms with Crippen LogP contribution in [-0.2, 0) is 0 Å². The van der Waals surface area contributed by atoms with Crippen LogP contribution in [0.15, 0.2) is 23.4 Å². The number of oxime groups is 1. The number of nitrogens with zero attached hydrogens (tertiary/aromatic N) is 2. The van der Waals surface area contributed by atoms with E-state index in [1.807, 2.05) is 0 Å². The van der Waals surface area contributed by atoms with Crippen molar-refractivity contribution < 1.29 is 14.4 Å². The number of amides is 1. The molecule has 104 valence electrons. The molecule has 0 saturated heterocycles. The predicted octanol–water partition coefficient (Wildman–Crippen LogP) is 1.93. The summed E-state index contributed by atoms with van der Waals surface area (Å²) in [6, 6.07) is 3.85. The summed E-state index contributed by atoms with van der Waals surface area (Å²) in [6.07, 6.45) is 0. The minimum atomic E-state index is -0.680. The SMILES string of the molecule is CC(CN(C)C(=O)c1ccc(Cl)cc1F)/C(N)=N/O. The van der Waals surface area contributed by atoms with Gasteiger partial charge in [-0.1, -0.05) is 23.7 Å². The van der Waals surface area contributed by atoms with Crippen LogP contribution >= 0.6 is 11.6 Å². The Morgan fingerprint density at radius 1 is 1.63 bits per heavy atom. The molecule has 1 aromatic carbocycles. The number of carbonyl (C=O) groups excluding carboxylic acids is 1. The van der Waals surface area contributed by atoms with Crippen molar-refractivity contribution in [1.82, 2.24) is 4.90 Å². The van der Waals surface area contributed by atoms with Crippen LogP contribution < -0.4 is 5.73 Å². The third kappa shape index (κ3) is 3.82. The molecule has 0 aliphatic rings. The summed E-state index contributed by atoms with van der Waals surface area (Å²) in [4.78, 5) is 13.3. The molecule has 0 radical (unpaired) electrons. The molecule has 1 rings (SSSR count). The van der Waals surface area contributed by atoms with Crippen LogP contribution in [0.2, 0.25) is 5.02 Å². The molecule has 19 heavy (non-hydrogen) atoms. The van der Waals surface area contributed by atoms with E-state index in [2.05, 4.69) is 5.16 Å². The summed E-state index contributed by atoms with van der Waals surface area (Å²) in [6.45, 7) is 1.90. The maximum absolute atomic E-state index is 13.6. The van der Waals surface area contributed by atoms with Crippen molar-refractivity contribution >= 4 is 23.3 Å². The van der Waals surface area contributed by atoms with Gasteiger partial charge in [0, 0.05) is 24.5 Å². The topological polar surface area (TPSA) is 78.9 Å². The number of benzene rings is 1. The van der Waals surface area contributed by atoms with E-state index < -0.39 is 11.7 Å². The van der Waals surface area contributed by atoms with Crippen LogP contribution in [0, 0.1) is 11.7 Å². The van der Waals surface area contributed by atoms with Gasteiger partial charge in [0.05, 0.1) is 5.56 Å². The van der Waals surface area contributed by atoms with Crippen LogP contribution in [0.3, 0.4) is 0 Å². The lowest BCUT2D eigenvalue weighted by Gasteiger charge is -2.21. The maximum Gasteiger partial charge on any atom is 0.256 e. The van der Waals surface area contributed by atoms with E-state index in [1.165, 1.54) is 24.1 Å². The van der Waals surface area contributed by atoms with E-state index in [4.69, 9.17) is 22.5 Å². The minimum Gasteiger partial charge on any atom is -0.409 e. The molecule has 0 aliphatic carbocycles. The van der Waals surface area contributed by atoms with Gasteiger partial charge in [0.1, 0.15) is 11.7 Å². The van der Waals surface area contributed by atoms with E-state index in [0.717, 1.165) is 6.07 Å². The number of amidine groups is 1. The molecule has 0 heterocycles. The van der Waals surface area contributed by atoms with E-state index in [-0.39, 0.29) is 28.9 Å². The van der Waals surface area contributed by atoms with Gasteiger partial charge in [-0.15, -0.1) is 0 Å². The number of hydrogen-bond acceptors (Lipinski definition) is 3. The predicted molar refractivity (Wildman–Crippen MR) is 70.9 cm³/mol. The zero-order valence-corrected chi connectivity index (χ0v) is 11.4. The minimum absolute atomic E-state index is 0.0104. The molecule has 0 saturated carbocycles. The Labute approximate surface area is 115 Å². The lowest BCUT2D eigenvalue weighted by molar-refractivity contribution is 0.0781. The normalized spacial score (nSPS) is 13.2. The molecule has 0 aromatic heterocycles. The molecule has 1 amide bonds. The zero-order valence-electron chi connectivity index (χ0n) is 10.6. The van der Waals surface area contributed by atoms with Gasteiger partial charge in [-0.25, -0.2) is 4.39 Å². The van der Waals surface area contributed by atoms with Crippen LogP contribution in [0.5, 0.6) is 0 Å². The summed E-state index contributed by atoms with van der Waals surface area (Å²) in [7, 11) is 1.51. The van der Waals surface area contributed by atoms with Crippen molar-refractivity contribution in [3.63, 3.8) is 0 Å². The van der Waals surface area contributed by atoms with Crippen LogP contribution in [-0.4, -0.2) is 35.4 Å². The van der Waals surface area contributed by atoms with Gasteiger partial charge >= 0.3 is 0 Å². The molecule has 0 bridgehead atoms. The van der Waals surface area contributed by atoms with Crippen molar-refractivity contribution in [2.75, 3.05) is 13.6 Å². The standard InChI is InChI=1S/C12H15ClFN3O2/c1-7(11(15)16-19)6-17(2)12(18)9-4-3-8(13)5-10(9)14/h3-5,7,19H,6H2,1-2H3,(H2,15,16). The number of carbonyl (C=O) groups is 1. The van der Waals surface area contributed by atoms with Crippen molar-refractivity contribution in [3.8, 4) is 0 Å². The first-order valence-electron chi connectivity index (χ1n) is 5.54. The van der Waals surface area contributed by atoms with Crippen molar-refractivity contribution in [2.24, 2.45) is 16.8 Å². The molecule has 0 fully saturated rings.